The van der Waals surface area contributed by atoms with Crippen LogP contribution in [0.25, 0.3) is 5.69 Å². The molecule has 1 aliphatic carbocycles. The molecule has 8 heteroatoms. The summed E-state index contributed by atoms with van der Waals surface area (Å²) in [5.41, 5.74) is 7.22. The van der Waals surface area contributed by atoms with E-state index in [4.69, 9.17) is 15.2 Å². The molecule has 1 aromatic carbocycles. The molecular weight excluding hydrogens is 424 g/mol. The van der Waals surface area contributed by atoms with Gasteiger partial charge in [-0.1, -0.05) is 0 Å². The van der Waals surface area contributed by atoms with Gasteiger partial charge in [0, 0.05) is 18.5 Å². The highest BCUT2D eigenvalue weighted by molar-refractivity contribution is 9.10. The molecule has 7 nitrogen and oxygen atoms in total. The number of nitrogens with one attached hydrogen (secondary N) is 1. The van der Waals surface area contributed by atoms with E-state index < -0.39 is 5.60 Å². The minimum Gasteiger partial charge on any atom is -0.489 e. The molecule has 0 saturated heterocycles. The van der Waals surface area contributed by atoms with Crippen LogP contribution in [0, 0.1) is 6.92 Å². The summed E-state index contributed by atoms with van der Waals surface area (Å²) in [5.74, 6) is 1.35. The molecule has 0 unspecified atom stereocenters. The summed E-state index contributed by atoms with van der Waals surface area (Å²) in [7, 11) is 0. The van der Waals surface area contributed by atoms with Gasteiger partial charge in [-0.05, 0) is 74.7 Å². The third-order valence-corrected chi connectivity index (χ3v) is 5.04. The Morgan fingerprint density at radius 2 is 2.07 bits per heavy atom. The maximum Gasteiger partial charge on any atom is 0.407 e. The molecule has 152 valence electrons. The monoisotopic (exact) mass is 450 g/mol. The number of benzene rings is 1. The number of nitrogens with two attached hydrogens (primary N) is 1. The van der Waals surface area contributed by atoms with Crippen LogP contribution in [0.15, 0.2) is 28.7 Å². The summed E-state index contributed by atoms with van der Waals surface area (Å²) in [6.45, 7) is 7.47. The number of halogens is 1. The number of nitrogen functional groups attached to an aromatic ring is 1. The zero-order chi connectivity index (χ0) is 20.5. The van der Waals surface area contributed by atoms with Crippen molar-refractivity contribution in [2.45, 2.75) is 64.7 Å². The fourth-order valence-corrected chi connectivity index (χ4v) is 3.74. The smallest absolute Gasteiger partial charge is 0.407 e. The number of carbonyl (C=O) groups excluding carboxylic acids is 1. The highest BCUT2D eigenvalue weighted by Crippen LogP contribution is 2.32. The maximum atomic E-state index is 11.9. The highest BCUT2D eigenvalue weighted by Gasteiger charge is 2.29. The van der Waals surface area contributed by atoms with Crippen molar-refractivity contribution in [1.29, 1.82) is 0 Å². The van der Waals surface area contributed by atoms with Crippen molar-refractivity contribution in [2.24, 2.45) is 0 Å². The lowest BCUT2D eigenvalue weighted by Crippen LogP contribution is -2.38. The van der Waals surface area contributed by atoms with Crippen molar-refractivity contribution < 1.29 is 14.3 Å². The van der Waals surface area contributed by atoms with E-state index >= 15 is 0 Å². The second-order valence-corrected chi connectivity index (χ2v) is 8.99. The van der Waals surface area contributed by atoms with Gasteiger partial charge in [0.25, 0.3) is 0 Å². The largest absolute Gasteiger partial charge is 0.489 e. The van der Waals surface area contributed by atoms with E-state index in [2.05, 4.69) is 26.3 Å². The number of rotatable bonds is 4. The number of hydrogen-bond acceptors (Lipinski definition) is 5. The van der Waals surface area contributed by atoms with Crippen LogP contribution in [0.5, 0.6) is 5.75 Å². The minimum absolute atomic E-state index is 0.0408. The molecular formula is C20H27BrN4O3. The number of ether oxygens (including phenoxy) is 2. The lowest BCUT2D eigenvalue weighted by atomic mass is 10.2. The van der Waals surface area contributed by atoms with Crippen LogP contribution in [0.2, 0.25) is 0 Å². The Kier molecular flexibility index (Phi) is 5.88. The standard InChI is InChI=1S/C20H27BrN4O3/c1-12-9-18(22)25(24-12)14-6-8-17(16(21)11-14)27-15-7-5-13(10-15)23-19(26)28-20(2,3)4/h6,8-9,11,13,15H,5,7,10,22H2,1-4H3,(H,23,26)/t13-,15-/m1/s1. The Morgan fingerprint density at radius 1 is 1.32 bits per heavy atom. The van der Waals surface area contributed by atoms with Crippen LogP contribution in [0.3, 0.4) is 0 Å². The van der Waals surface area contributed by atoms with E-state index in [1.165, 1.54) is 0 Å². The Morgan fingerprint density at radius 3 is 2.68 bits per heavy atom. The number of carbonyl (C=O) groups is 1. The summed E-state index contributed by atoms with van der Waals surface area (Å²) in [6, 6.07) is 7.65. The molecule has 1 saturated carbocycles. The fraction of sp³-hybridized carbons (Fsp3) is 0.500. The van der Waals surface area contributed by atoms with Crippen molar-refractivity contribution in [3.8, 4) is 11.4 Å². The van der Waals surface area contributed by atoms with E-state index in [0.29, 0.717) is 5.82 Å². The van der Waals surface area contributed by atoms with Crippen molar-refractivity contribution in [3.05, 3.63) is 34.4 Å². The van der Waals surface area contributed by atoms with Crippen molar-refractivity contribution >= 4 is 27.8 Å². The molecule has 28 heavy (non-hydrogen) atoms. The molecule has 0 bridgehead atoms. The second-order valence-electron chi connectivity index (χ2n) is 8.13. The maximum absolute atomic E-state index is 11.9. The van der Waals surface area contributed by atoms with E-state index in [0.717, 1.165) is 40.9 Å². The van der Waals surface area contributed by atoms with Gasteiger partial charge in [-0.15, -0.1) is 0 Å². The summed E-state index contributed by atoms with van der Waals surface area (Å²) in [6.07, 6.45) is 2.15. The fourth-order valence-electron chi connectivity index (χ4n) is 3.28. The highest BCUT2D eigenvalue weighted by atomic mass is 79.9. The molecule has 3 N–H and O–H groups in total. The lowest BCUT2D eigenvalue weighted by Gasteiger charge is -2.22. The summed E-state index contributed by atoms with van der Waals surface area (Å²) in [5, 5.41) is 7.32. The third-order valence-electron chi connectivity index (χ3n) is 4.42. The summed E-state index contributed by atoms with van der Waals surface area (Å²) in [4.78, 5) is 11.9. The molecule has 1 amide bonds. The first-order chi connectivity index (χ1) is 13.1. The number of anilines is 1. The van der Waals surface area contributed by atoms with Crippen molar-refractivity contribution in [1.82, 2.24) is 15.1 Å². The van der Waals surface area contributed by atoms with Gasteiger partial charge in [0.15, 0.2) is 0 Å². The molecule has 3 rings (SSSR count). The zero-order valence-corrected chi connectivity index (χ0v) is 18.2. The number of alkyl carbamates (subject to hydrolysis) is 1. The predicted molar refractivity (Wildman–Crippen MR) is 112 cm³/mol. The van der Waals surface area contributed by atoms with Gasteiger partial charge in [0.1, 0.15) is 23.3 Å². The van der Waals surface area contributed by atoms with Gasteiger partial charge >= 0.3 is 6.09 Å². The number of aromatic nitrogens is 2. The van der Waals surface area contributed by atoms with Crippen LogP contribution in [0.4, 0.5) is 10.6 Å². The topological polar surface area (TPSA) is 91.4 Å². The molecule has 0 aliphatic heterocycles. The van der Waals surface area contributed by atoms with Gasteiger partial charge in [-0.2, -0.15) is 5.10 Å². The second kappa shape index (κ2) is 8.03. The van der Waals surface area contributed by atoms with Gasteiger partial charge in [-0.3, -0.25) is 0 Å². The Balaban J connectivity index is 1.59. The van der Waals surface area contributed by atoms with Gasteiger partial charge in [-0.25, -0.2) is 9.48 Å². The molecule has 1 heterocycles. The van der Waals surface area contributed by atoms with Crippen molar-refractivity contribution in [3.63, 3.8) is 0 Å². The minimum atomic E-state index is -0.498. The third kappa shape index (κ3) is 5.19. The first-order valence-corrected chi connectivity index (χ1v) is 10.2. The molecule has 1 aromatic heterocycles. The van der Waals surface area contributed by atoms with Crippen LogP contribution >= 0.6 is 15.9 Å². The number of hydrogen-bond donors (Lipinski definition) is 2. The zero-order valence-electron chi connectivity index (χ0n) is 16.7. The molecule has 0 spiro atoms. The Labute approximate surface area is 173 Å². The van der Waals surface area contributed by atoms with Crippen LogP contribution < -0.4 is 15.8 Å². The molecule has 0 radical (unpaired) electrons. The van der Waals surface area contributed by atoms with E-state index in [-0.39, 0.29) is 18.2 Å². The first-order valence-electron chi connectivity index (χ1n) is 9.39. The lowest BCUT2D eigenvalue weighted by molar-refractivity contribution is 0.0503. The average Bonchev–Trinajstić information content (AvgIpc) is 3.13. The molecule has 1 aliphatic rings. The Bertz CT molecular complexity index is 860. The van der Waals surface area contributed by atoms with Gasteiger partial charge in [0.05, 0.1) is 15.9 Å². The predicted octanol–water partition coefficient (Wildman–Crippen LogP) is 4.35. The summed E-state index contributed by atoms with van der Waals surface area (Å²) < 4.78 is 14.0. The van der Waals surface area contributed by atoms with E-state index in [1.54, 1.807) is 4.68 Å². The van der Waals surface area contributed by atoms with E-state index in [1.807, 2.05) is 52.0 Å². The van der Waals surface area contributed by atoms with Gasteiger partial charge in [0.2, 0.25) is 0 Å². The summed E-state index contributed by atoms with van der Waals surface area (Å²) >= 11 is 3.57. The van der Waals surface area contributed by atoms with Crippen molar-refractivity contribution in [2.75, 3.05) is 5.73 Å². The first kappa shape index (κ1) is 20.5. The normalized spacial score (nSPS) is 19.5. The number of nitrogens with zero attached hydrogens (tertiary/aromatic N) is 2. The average molecular weight is 451 g/mol. The number of amides is 1. The van der Waals surface area contributed by atoms with Gasteiger partial charge < -0.3 is 20.5 Å². The Hall–Kier alpha value is -2.22. The molecule has 2 atom stereocenters. The SMILES string of the molecule is Cc1cc(N)n(-c2ccc(O[C@@H]3CC[C@@H](NC(=O)OC(C)(C)C)C3)c(Br)c2)n1. The molecule has 1 fully saturated rings. The molecule has 2 aromatic rings. The van der Waals surface area contributed by atoms with Crippen LogP contribution in [-0.2, 0) is 4.74 Å². The quantitative estimate of drug-likeness (QED) is 0.721. The van der Waals surface area contributed by atoms with Crippen LogP contribution in [-0.4, -0.2) is 33.6 Å². The van der Waals surface area contributed by atoms with Crippen LogP contribution in [0.1, 0.15) is 45.7 Å². The number of aryl methyl sites for hydroxylation is 1. The van der Waals surface area contributed by atoms with E-state index in [9.17, 15) is 4.79 Å².